The van der Waals surface area contributed by atoms with Crippen molar-refractivity contribution in [2.75, 3.05) is 33.9 Å². The van der Waals surface area contributed by atoms with E-state index in [0.29, 0.717) is 12.3 Å². The van der Waals surface area contributed by atoms with Gasteiger partial charge < -0.3 is 29.2 Å². The third-order valence-electron chi connectivity index (χ3n) is 4.94. The predicted molar refractivity (Wildman–Crippen MR) is 108 cm³/mol. The summed E-state index contributed by atoms with van der Waals surface area (Å²) in [5.74, 6) is 2.76. The third-order valence-corrected chi connectivity index (χ3v) is 4.94. The quantitative estimate of drug-likeness (QED) is 0.586. The van der Waals surface area contributed by atoms with E-state index >= 15 is 0 Å². The Kier molecular flexibility index (Phi) is 6.14. The first kappa shape index (κ1) is 20.1. The highest BCUT2D eigenvalue weighted by Crippen LogP contribution is 2.33. The molecule has 7 nitrogen and oxygen atoms in total. The summed E-state index contributed by atoms with van der Waals surface area (Å²) >= 11 is 0. The zero-order valence-corrected chi connectivity index (χ0v) is 17.0. The number of fused-ring (bicyclic) bond motifs is 1. The molecule has 2 aromatic rings. The zero-order valence-electron chi connectivity index (χ0n) is 17.0. The second-order valence-corrected chi connectivity index (χ2v) is 7.07. The molecule has 1 unspecified atom stereocenters. The number of methoxy groups -OCH3 is 2. The van der Waals surface area contributed by atoms with Crippen molar-refractivity contribution in [1.82, 2.24) is 10.2 Å². The Morgan fingerprint density at radius 1 is 1.29 bits per heavy atom. The summed E-state index contributed by atoms with van der Waals surface area (Å²) in [6, 6.07) is 7.61. The lowest BCUT2D eigenvalue weighted by atomic mass is 9.99. The maximum absolute atomic E-state index is 10.7. The number of nitrogens with one attached hydrogen (secondary N) is 1. The zero-order chi connectivity index (χ0) is 20.1. The summed E-state index contributed by atoms with van der Waals surface area (Å²) in [6.07, 6.45) is 2.44. The SMILES string of the molecule is CCNC(=NCC(C)(O)c1ccco1)N1CCc2cc(OC)c(OC)cc2C1. The Labute approximate surface area is 166 Å². The van der Waals surface area contributed by atoms with Gasteiger partial charge in [-0.05, 0) is 55.7 Å². The molecule has 0 aliphatic carbocycles. The molecule has 152 valence electrons. The Bertz CT molecular complexity index is 815. The van der Waals surface area contributed by atoms with Gasteiger partial charge in [0.15, 0.2) is 17.5 Å². The molecular formula is C21H29N3O4. The summed E-state index contributed by atoms with van der Waals surface area (Å²) in [4.78, 5) is 6.87. The van der Waals surface area contributed by atoms with Crippen LogP contribution in [0.1, 0.15) is 30.7 Å². The van der Waals surface area contributed by atoms with Gasteiger partial charge in [-0.3, -0.25) is 0 Å². The van der Waals surface area contributed by atoms with Crippen LogP contribution in [-0.2, 0) is 18.6 Å². The van der Waals surface area contributed by atoms with Crippen LogP contribution in [0.4, 0.5) is 0 Å². The third kappa shape index (κ3) is 4.25. The first-order chi connectivity index (χ1) is 13.5. The number of rotatable bonds is 6. The van der Waals surface area contributed by atoms with Crippen molar-refractivity contribution >= 4 is 5.96 Å². The van der Waals surface area contributed by atoms with E-state index < -0.39 is 5.60 Å². The summed E-state index contributed by atoms with van der Waals surface area (Å²) in [5, 5.41) is 14.0. The molecule has 0 fully saturated rings. The Morgan fingerprint density at radius 3 is 2.61 bits per heavy atom. The first-order valence-corrected chi connectivity index (χ1v) is 9.52. The lowest BCUT2D eigenvalue weighted by Gasteiger charge is -2.32. The van der Waals surface area contributed by atoms with Gasteiger partial charge >= 0.3 is 0 Å². The Morgan fingerprint density at radius 2 is 2.00 bits per heavy atom. The standard InChI is InChI=1S/C21H29N3O4/c1-5-22-20(23-14-21(2,25)19-7-6-10-28-19)24-9-8-15-11-17(26-3)18(27-4)12-16(15)13-24/h6-7,10-12,25H,5,8-9,13-14H2,1-4H3,(H,22,23). The average Bonchev–Trinajstić information content (AvgIpc) is 3.25. The van der Waals surface area contributed by atoms with Crippen molar-refractivity contribution in [3.05, 3.63) is 47.4 Å². The van der Waals surface area contributed by atoms with Crippen LogP contribution in [0.15, 0.2) is 39.9 Å². The van der Waals surface area contributed by atoms with Crippen LogP contribution < -0.4 is 14.8 Å². The minimum absolute atomic E-state index is 0.206. The van der Waals surface area contributed by atoms with E-state index in [9.17, 15) is 5.11 Å². The summed E-state index contributed by atoms with van der Waals surface area (Å²) in [7, 11) is 3.30. The molecule has 1 aromatic heterocycles. The van der Waals surface area contributed by atoms with Crippen LogP contribution in [0.2, 0.25) is 0 Å². The lowest BCUT2D eigenvalue weighted by Crippen LogP contribution is -2.44. The molecule has 0 spiro atoms. The van der Waals surface area contributed by atoms with Crippen molar-refractivity contribution < 1.29 is 19.0 Å². The fraction of sp³-hybridized carbons (Fsp3) is 0.476. The molecule has 2 N–H and O–H groups in total. The molecule has 28 heavy (non-hydrogen) atoms. The first-order valence-electron chi connectivity index (χ1n) is 9.52. The molecule has 0 radical (unpaired) electrons. The van der Waals surface area contributed by atoms with Crippen molar-refractivity contribution in [2.45, 2.75) is 32.4 Å². The minimum Gasteiger partial charge on any atom is -0.493 e. The van der Waals surface area contributed by atoms with Crippen molar-refractivity contribution in [3.8, 4) is 11.5 Å². The van der Waals surface area contributed by atoms with Crippen molar-refractivity contribution in [1.29, 1.82) is 0 Å². The normalized spacial score (nSPS) is 16.3. The van der Waals surface area contributed by atoms with Gasteiger partial charge in [-0.25, -0.2) is 4.99 Å². The van der Waals surface area contributed by atoms with E-state index in [1.165, 1.54) is 11.1 Å². The molecule has 1 atom stereocenters. The largest absolute Gasteiger partial charge is 0.493 e. The van der Waals surface area contributed by atoms with Crippen LogP contribution in [0, 0.1) is 0 Å². The number of hydrogen-bond acceptors (Lipinski definition) is 5. The fourth-order valence-corrected chi connectivity index (χ4v) is 3.38. The molecule has 1 aliphatic heterocycles. The lowest BCUT2D eigenvalue weighted by molar-refractivity contribution is 0.0434. The topological polar surface area (TPSA) is 79.5 Å². The highest BCUT2D eigenvalue weighted by atomic mass is 16.5. The van der Waals surface area contributed by atoms with Gasteiger partial charge in [0.05, 0.1) is 27.0 Å². The molecular weight excluding hydrogens is 358 g/mol. The molecule has 0 amide bonds. The summed E-state index contributed by atoms with van der Waals surface area (Å²) < 4.78 is 16.2. The Hall–Kier alpha value is -2.67. The molecule has 1 aliphatic rings. The average molecular weight is 387 g/mol. The number of guanidine groups is 1. The van der Waals surface area contributed by atoms with Gasteiger partial charge in [0, 0.05) is 19.6 Å². The van der Waals surface area contributed by atoms with Crippen LogP contribution in [0.5, 0.6) is 11.5 Å². The second kappa shape index (κ2) is 8.56. The number of ether oxygens (including phenoxy) is 2. The molecule has 7 heteroatoms. The highest BCUT2D eigenvalue weighted by Gasteiger charge is 2.27. The summed E-state index contributed by atoms with van der Waals surface area (Å²) in [5.41, 5.74) is 1.29. The molecule has 0 bridgehead atoms. The number of nitrogens with zero attached hydrogens (tertiary/aromatic N) is 2. The summed E-state index contributed by atoms with van der Waals surface area (Å²) in [6.45, 7) is 6.24. The van der Waals surface area contributed by atoms with E-state index in [4.69, 9.17) is 13.9 Å². The number of benzene rings is 1. The monoisotopic (exact) mass is 387 g/mol. The van der Waals surface area contributed by atoms with E-state index in [2.05, 4.69) is 21.3 Å². The van der Waals surface area contributed by atoms with Crippen molar-refractivity contribution in [3.63, 3.8) is 0 Å². The van der Waals surface area contributed by atoms with E-state index in [0.717, 1.165) is 37.0 Å². The number of aliphatic hydroxyl groups is 1. The maximum Gasteiger partial charge on any atom is 0.194 e. The Balaban J connectivity index is 1.80. The molecule has 0 saturated carbocycles. The minimum atomic E-state index is -1.16. The maximum atomic E-state index is 10.7. The number of hydrogen-bond donors (Lipinski definition) is 2. The van der Waals surface area contributed by atoms with E-state index in [-0.39, 0.29) is 6.54 Å². The van der Waals surface area contributed by atoms with Gasteiger partial charge in [0.1, 0.15) is 11.4 Å². The van der Waals surface area contributed by atoms with Gasteiger partial charge in [0.2, 0.25) is 0 Å². The molecule has 0 saturated heterocycles. The molecule has 3 rings (SSSR count). The van der Waals surface area contributed by atoms with Gasteiger partial charge in [-0.1, -0.05) is 0 Å². The smallest absolute Gasteiger partial charge is 0.194 e. The molecule has 1 aromatic carbocycles. The number of aliphatic imine (C=N–C) groups is 1. The highest BCUT2D eigenvalue weighted by molar-refractivity contribution is 5.80. The van der Waals surface area contributed by atoms with Crippen LogP contribution in [-0.4, -0.2) is 49.8 Å². The van der Waals surface area contributed by atoms with Crippen molar-refractivity contribution in [2.24, 2.45) is 4.99 Å². The molecule has 2 heterocycles. The van der Waals surface area contributed by atoms with Gasteiger partial charge in [0.25, 0.3) is 0 Å². The van der Waals surface area contributed by atoms with Crippen LogP contribution in [0.3, 0.4) is 0 Å². The second-order valence-electron chi connectivity index (χ2n) is 7.07. The van der Waals surface area contributed by atoms with E-state index in [1.54, 1.807) is 39.5 Å². The number of furan rings is 1. The van der Waals surface area contributed by atoms with Crippen LogP contribution >= 0.6 is 0 Å². The predicted octanol–water partition coefficient (Wildman–Crippen LogP) is 2.53. The van der Waals surface area contributed by atoms with Crippen LogP contribution in [0.25, 0.3) is 0 Å². The van der Waals surface area contributed by atoms with Gasteiger partial charge in [-0.2, -0.15) is 0 Å². The van der Waals surface area contributed by atoms with E-state index in [1.807, 2.05) is 13.0 Å². The van der Waals surface area contributed by atoms with Gasteiger partial charge in [-0.15, -0.1) is 0 Å². The fourth-order valence-electron chi connectivity index (χ4n) is 3.38.